The van der Waals surface area contributed by atoms with E-state index >= 15 is 0 Å². The molecule has 0 fully saturated rings. The van der Waals surface area contributed by atoms with Crippen molar-refractivity contribution in [2.45, 2.75) is 13.3 Å². The van der Waals surface area contributed by atoms with E-state index < -0.39 is 0 Å². The normalized spacial score (nSPS) is 10.1. The van der Waals surface area contributed by atoms with Crippen molar-refractivity contribution in [2.75, 3.05) is 12.4 Å². The Labute approximate surface area is 109 Å². The fraction of sp³-hybridized carbons (Fsp3) is 0.250. The summed E-state index contributed by atoms with van der Waals surface area (Å²) < 4.78 is 0. The van der Waals surface area contributed by atoms with Crippen LogP contribution in [0.5, 0.6) is 0 Å². The zero-order valence-electron chi connectivity index (χ0n) is 10.2. The van der Waals surface area contributed by atoms with E-state index in [1.54, 1.807) is 7.05 Å². The number of hydrogen-bond donors (Lipinski definition) is 2. The van der Waals surface area contributed by atoms with E-state index in [4.69, 9.17) is 0 Å². The van der Waals surface area contributed by atoms with Crippen LogP contribution in [-0.2, 0) is 11.2 Å². The molecule has 2 aromatic rings. The van der Waals surface area contributed by atoms with Crippen LogP contribution in [0.25, 0.3) is 0 Å². The molecule has 5 nitrogen and oxygen atoms in total. The summed E-state index contributed by atoms with van der Waals surface area (Å²) >= 11 is 1.46. The van der Waals surface area contributed by atoms with Crippen molar-refractivity contribution in [3.05, 3.63) is 35.0 Å². The highest BCUT2D eigenvalue weighted by atomic mass is 32.1. The number of carbonyl (C=O) groups is 1. The van der Waals surface area contributed by atoms with Crippen LogP contribution in [0.2, 0.25) is 0 Å². The number of anilines is 2. The first-order chi connectivity index (χ1) is 8.67. The molecular weight excluding hydrogens is 248 g/mol. The van der Waals surface area contributed by atoms with Crippen LogP contribution in [0.3, 0.4) is 0 Å². The Hall–Kier alpha value is -1.95. The molecule has 0 saturated carbocycles. The second kappa shape index (κ2) is 5.59. The average molecular weight is 262 g/mol. The minimum absolute atomic E-state index is 0.0412. The zero-order valence-corrected chi connectivity index (χ0v) is 11.0. The molecule has 6 heteroatoms. The van der Waals surface area contributed by atoms with Gasteiger partial charge in [-0.1, -0.05) is 6.07 Å². The van der Waals surface area contributed by atoms with Crippen LogP contribution >= 0.6 is 11.3 Å². The molecule has 0 saturated heterocycles. The van der Waals surface area contributed by atoms with E-state index in [1.165, 1.54) is 11.3 Å². The summed E-state index contributed by atoms with van der Waals surface area (Å²) in [5.41, 5.74) is 1.71. The van der Waals surface area contributed by atoms with Gasteiger partial charge in [0.1, 0.15) is 5.82 Å². The zero-order chi connectivity index (χ0) is 13.0. The lowest BCUT2D eigenvalue weighted by atomic mass is 10.3. The Morgan fingerprint density at radius 2 is 2.22 bits per heavy atom. The first-order valence-electron chi connectivity index (χ1n) is 5.53. The van der Waals surface area contributed by atoms with Crippen molar-refractivity contribution in [3.63, 3.8) is 0 Å². The van der Waals surface area contributed by atoms with Crippen molar-refractivity contribution in [3.8, 4) is 0 Å². The van der Waals surface area contributed by atoms with E-state index in [-0.39, 0.29) is 5.91 Å². The van der Waals surface area contributed by atoms with E-state index in [0.29, 0.717) is 6.42 Å². The smallest absolute Gasteiger partial charge is 0.225 e. The van der Waals surface area contributed by atoms with Crippen LogP contribution in [-0.4, -0.2) is 22.9 Å². The van der Waals surface area contributed by atoms with Crippen LogP contribution in [0.15, 0.2) is 23.6 Å². The van der Waals surface area contributed by atoms with Gasteiger partial charge in [-0.15, -0.1) is 11.3 Å². The molecule has 0 spiro atoms. The number of thiazole rings is 1. The van der Waals surface area contributed by atoms with Crippen LogP contribution < -0.4 is 10.6 Å². The Morgan fingerprint density at radius 3 is 2.94 bits per heavy atom. The Morgan fingerprint density at radius 1 is 1.39 bits per heavy atom. The van der Waals surface area contributed by atoms with E-state index in [9.17, 15) is 4.79 Å². The van der Waals surface area contributed by atoms with E-state index in [2.05, 4.69) is 20.6 Å². The van der Waals surface area contributed by atoms with Crippen molar-refractivity contribution in [1.29, 1.82) is 0 Å². The van der Waals surface area contributed by atoms with Crippen LogP contribution in [0.4, 0.5) is 10.9 Å². The lowest BCUT2D eigenvalue weighted by Crippen LogP contribution is -2.20. The highest BCUT2D eigenvalue weighted by Crippen LogP contribution is 2.20. The maximum atomic E-state index is 11.2. The third-order valence-electron chi connectivity index (χ3n) is 2.30. The van der Waals surface area contributed by atoms with Gasteiger partial charge in [0.05, 0.1) is 12.1 Å². The van der Waals surface area contributed by atoms with Gasteiger partial charge in [0.15, 0.2) is 5.13 Å². The minimum Gasteiger partial charge on any atom is -0.359 e. The van der Waals surface area contributed by atoms with Gasteiger partial charge in [0, 0.05) is 18.1 Å². The maximum Gasteiger partial charge on any atom is 0.225 e. The van der Waals surface area contributed by atoms with Gasteiger partial charge in [0.2, 0.25) is 5.91 Å². The molecule has 94 valence electrons. The predicted molar refractivity (Wildman–Crippen MR) is 72.1 cm³/mol. The summed E-state index contributed by atoms with van der Waals surface area (Å²) in [7, 11) is 1.62. The molecule has 2 rings (SSSR count). The van der Waals surface area contributed by atoms with Gasteiger partial charge >= 0.3 is 0 Å². The standard InChI is InChI=1S/C12H14N4OS/c1-8-4-3-5-10(14-8)16-12-15-9(7-18-12)6-11(17)13-2/h3-5,7H,6H2,1-2H3,(H,13,17)(H,14,15,16). The molecule has 2 heterocycles. The van der Waals surface area contributed by atoms with Gasteiger partial charge in [-0.3, -0.25) is 4.79 Å². The molecule has 0 atom stereocenters. The first-order valence-corrected chi connectivity index (χ1v) is 6.41. The van der Waals surface area contributed by atoms with Crippen molar-refractivity contribution in [1.82, 2.24) is 15.3 Å². The fourth-order valence-electron chi connectivity index (χ4n) is 1.42. The second-order valence-electron chi connectivity index (χ2n) is 3.78. The Balaban J connectivity index is 2.04. The second-order valence-corrected chi connectivity index (χ2v) is 4.64. The molecule has 2 N–H and O–H groups in total. The number of rotatable bonds is 4. The summed E-state index contributed by atoms with van der Waals surface area (Å²) in [6, 6.07) is 5.75. The molecule has 0 radical (unpaired) electrons. The largest absolute Gasteiger partial charge is 0.359 e. The molecule has 18 heavy (non-hydrogen) atoms. The molecular formula is C12H14N4OS. The molecule has 0 bridgehead atoms. The molecule has 0 aromatic carbocycles. The monoisotopic (exact) mass is 262 g/mol. The average Bonchev–Trinajstić information content (AvgIpc) is 2.76. The first kappa shape index (κ1) is 12.5. The number of pyridine rings is 1. The summed E-state index contributed by atoms with van der Waals surface area (Å²) in [6.07, 6.45) is 0.302. The molecule has 1 amide bonds. The SMILES string of the molecule is CNC(=O)Cc1csc(Nc2cccc(C)n2)n1. The number of aromatic nitrogens is 2. The lowest BCUT2D eigenvalue weighted by Gasteiger charge is -2.01. The van der Waals surface area contributed by atoms with Gasteiger partial charge < -0.3 is 10.6 Å². The fourth-order valence-corrected chi connectivity index (χ4v) is 2.14. The predicted octanol–water partition coefficient (Wildman–Crippen LogP) is 1.88. The van der Waals surface area contributed by atoms with Crippen LogP contribution in [0, 0.1) is 6.92 Å². The van der Waals surface area contributed by atoms with Crippen LogP contribution in [0.1, 0.15) is 11.4 Å². The highest BCUT2D eigenvalue weighted by Gasteiger charge is 2.06. The van der Waals surface area contributed by atoms with Crippen molar-refractivity contribution in [2.24, 2.45) is 0 Å². The Kier molecular flexibility index (Phi) is 3.88. The summed E-state index contributed by atoms with van der Waals surface area (Å²) in [5, 5.41) is 8.30. The maximum absolute atomic E-state index is 11.2. The number of amides is 1. The molecule has 0 aliphatic heterocycles. The van der Waals surface area contributed by atoms with Gasteiger partial charge in [0.25, 0.3) is 0 Å². The lowest BCUT2D eigenvalue weighted by molar-refractivity contribution is -0.120. The number of carbonyl (C=O) groups excluding carboxylic acids is 1. The van der Waals surface area contributed by atoms with Gasteiger partial charge in [-0.2, -0.15) is 0 Å². The molecule has 0 unspecified atom stereocenters. The quantitative estimate of drug-likeness (QED) is 0.883. The number of aryl methyl sites for hydroxylation is 1. The third kappa shape index (κ3) is 3.27. The van der Waals surface area contributed by atoms with E-state index in [0.717, 1.165) is 22.3 Å². The third-order valence-corrected chi connectivity index (χ3v) is 3.10. The molecule has 2 aromatic heterocycles. The topological polar surface area (TPSA) is 66.9 Å². The number of likely N-dealkylation sites (N-methyl/N-ethyl adjacent to an activating group) is 1. The van der Waals surface area contributed by atoms with E-state index in [1.807, 2.05) is 30.5 Å². The summed E-state index contributed by atoms with van der Waals surface area (Å²) in [6.45, 7) is 1.93. The summed E-state index contributed by atoms with van der Waals surface area (Å²) in [4.78, 5) is 19.9. The van der Waals surface area contributed by atoms with Gasteiger partial charge in [-0.05, 0) is 19.1 Å². The van der Waals surface area contributed by atoms with Crippen molar-refractivity contribution < 1.29 is 4.79 Å². The molecule has 0 aliphatic rings. The van der Waals surface area contributed by atoms with Gasteiger partial charge in [-0.25, -0.2) is 9.97 Å². The number of nitrogens with one attached hydrogen (secondary N) is 2. The number of hydrogen-bond acceptors (Lipinski definition) is 5. The van der Waals surface area contributed by atoms with Crippen molar-refractivity contribution >= 4 is 28.2 Å². The minimum atomic E-state index is -0.0412. The number of nitrogens with zero attached hydrogens (tertiary/aromatic N) is 2. The summed E-state index contributed by atoms with van der Waals surface area (Å²) in [5.74, 6) is 0.719. The Bertz CT molecular complexity index is 553. The highest BCUT2D eigenvalue weighted by molar-refractivity contribution is 7.13. The molecule has 0 aliphatic carbocycles.